The Bertz CT molecular complexity index is 860. The topological polar surface area (TPSA) is 119 Å². The minimum Gasteiger partial charge on any atom is -0.504 e. The van der Waals surface area contributed by atoms with Gasteiger partial charge in [0.25, 0.3) is 0 Å². The molecule has 1 aromatic heterocycles. The van der Waals surface area contributed by atoms with E-state index in [1.54, 1.807) is 6.07 Å². The molecule has 2 aromatic rings. The fourth-order valence-corrected chi connectivity index (χ4v) is 3.19. The Hall–Kier alpha value is -2.45. The fourth-order valence-electron chi connectivity index (χ4n) is 3.19. The van der Waals surface area contributed by atoms with Gasteiger partial charge in [-0.3, -0.25) is 0 Å². The second-order valence-electron chi connectivity index (χ2n) is 7.37. The summed E-state index contributed by atoms with van der Waals surface area (Å²) in [6.07, 6.45) is -0.289. The summed E-state index contributed by atoms with van der Waals surface area (Å²) < 4.78 is 16.9. The Morgan fingerprint density at radius 1 is 1.17 bits per heavy atom. The molecule has 160 valence electrons. The zero-order chi connectivity index (χ0) is 21.6. The van der Waals surface area contributed by atoms with Gasteiger partial charge in [-0.2, -0.15) is 4.91 Å². The van der Waals surface area contributed by atoms with E-state index in [1.165, 1.54) is 18.2 Å². The highest BCUT2D eigenvalue weighted by atomic mass is 16.7. The molecule has 0 amide bonds. The Kier molecular flexibility index (Phi) is 8.16. The van der Waals surface area contributed by atoms with Gasteiger partial charge in [0.15, 0.2) is 17.5 Å². The van der Waals surface area contributed by atoms with E-state index < -0.39 is 24.1 Å². The lowest BCUT2D eigenvalue weighted by atomic mass is 9.94. The standard InChI is InChI=1S/C21H29NO7/c1-5-13(6-2)20(22-26)21(29-18(11-23)12(3)4)28-17-9-14-7-8-19(25)27-16(14)10-15(17)24/h7-10,12-13,18,20-21,23-24H,5-6,11H2,1-4H3. The van der Waals surface area contributed by atoms with Crippen molar-refractivity contribution in [1.82, 2.24) is 0 Å². The molecule has 1 aromatic carbocycles. The summed E-state index contributed by atoms with van der Waals surface area (Å²) in [6, 6.07) is 4.75. The summed E-state index contributed by atoms with van der Waals surface area (Å²) in [6.45, 7) is 7.42. The van der Waals surface area contributed by atoms with Gasteiger partial charge in [0.1, 0.15) is 5.58 Å². The molecule has 0 bridgehead atoms. The number of hydrogen-bond acceptors (Lipinski definition) is 8. The van der Waals surface area contributed by atoms with Crippen LogP contribution < -0.4 is 10.4 Å². The van der Waals surface area contributed by atoms with Crippen molar-refractivity contribution in [3.63, 3.8) is 0 Å². The van der Waals surface area contributed by atoms with Crippen LogP contribution in [0.5, 0.6) is 11.5 Å². The summed E-state index contributed by atoms with van der Waals surface area (Å²) in [5.41, 5.74) is -0.325. The van der Waals surface area contributed by atoms with Crippen LogP contribution in [0.15, 0.2) is 38.7 Å². The molecule has 3 atom stereocenters. The third kappa shape index (κ3) is 5.55. The monoisotopic (exact) mass is 407 g/mol. The number of nitroso groups, excluding NO2 is 1. The van der Waals surface area contributed by atoms with E-state index >= 15 is 0 Å². The number of nitrogens with zero attached hydrogens (tertiary/aromatic N) is 1. The predicted octanol–water partition coefficient (Wildman–Crippen LogP) is 3.81. The minimum atomic E-state index is -1.10. The molecule has 0 saturated carbocycles. The second kappa shape index (κ2) is 10.4. The van der Waals surface area contributed by atoms with Crippen molar-refractivity contribution >= 4 is 11.0 Å². The Morgan fingerprint density at radius 2 is 1.86 bits per heavy atom. The molecule has 0 spiro atoms. The molecule has 0 saturated heterocycles. The quantitative estimate of drug-likeness (QED) is 0.330. The lowest BCUT2D eigenvalue weighted by Gasteiger charge is -2.32. The first-order chi connectivity index (χ1) is 13.8. The van der Waals surface area contributed by atoms with Gasteiger partial charge in [-0.15, -0.1) is 0 Å². The van der Waals surface area contributed by atoms with Crippen molar-refractivity contribution in [2.45, 2.75) is 59.0 Å². The van der Waals surface area contributed by atoms with Crippen molar-refractivity contribution in [2.75, 3.05) is 6.61 Å². The van der Waals surface area contributed by atoms with Crippen LogP contribution in [0.3, 0.4) is 0 Å². The van der Waals surface area contributed by atoms with Gasteiger partial charge in [-0.05, 0) is 24.0 Å². The van der Waals surface area contributed by atoms with Crippen molar-refractivity contribution in [3.8, 4) is 11.5 Å². The molecule has 29 heavy (non-hydrogen) atoms. The second-order valence-corrected chi connectivity index (χ2v) is 7.37. The van der Waals surface area contributed by atoms with Gasteiger partial charge in [0.05, 0.1) is 12.7 Å². The summed E-state index contributed by atoms with van der Waals surface area (Å²) in [5, 5.41) is 23.8. The fraction of sp³-hybridized carbons (Fsp3) is 0.571. The highest BCUT2D eigenvalue weighted by molar-refractivity contribution is 5.80. The Labute approximate surface area is 169 Å². The van der Waals surface area contributed by atoms with Gasteiger partial charge in [-0.1, -0.05) is 45.7 Å². The molecule has 1 heterocycles. The third-order valence-corrected chi connectivity index (χ3v) is 5.11. The van der Waals surface area contributed by atoms with Crippen LogP contribution in [-0.2, 0) is 4.74 Å². The molecule has 0 fully saturated rings. The van der Waals surface area contributed by atoms with E-state index in [0.29, 0.717) is 18.2 Å². The summed E-state index contributed by atoms with van der Waals surface area (Å²) >= 11 is 0. The van der Waals surface area contributed by atoms with Crippen LogP contribution in [0, 0.1) is 16.7 Å². The number of phenols is 1. The maximum Gasteiger partial charge on any atom is 0.336 e. The molecule has 8 heteroatoms. The van der Waals surface area contributed by atoms with E-state index in [1.807, 2.05) is 27.7 Å². The first kappa shape index (κ1) is 22.8. The van der Waals surface area contributed by atoms with Crippen molar-refractivity contribution < 1.29 is 24.1 Å². The predicted molar refractivity (Wildman–Crippen MR) is 109 cm³/mol. The lowest BCUT2D eigenvalue weighted by molar-refractivity contribution is -0.161. The maximum absolute atomic E-state index is 11.7. The van der Waals surface area contributed by atoms with Crippen molar-refractivity contribution in [2.24, 2.45) is 17.0 Å². The number of aliphatic hydroxyl groups excluding tert-OH is 1. The molecule has 0 aliphatic carbocycles. The third-order valence-electron chi connectivity index (χ3n) is 5.11. The van der Waals surface area contributed by atoms with E-state index in [4.69, 9.17) is 13.9 Å². The van der Waals surface area contributed by atoms with E-state index in [0.717, 1.165) is 0 Å². The highest BCUT2D eigenvalue weighted by Crippen LogP contribution is 2.34. The molecule has 0 radical (unpaired) electrons. The van der Waals surface area contributed by atoms with Crippen LogP contribution in [0.4, 0.5) is 0 Å². The number of aliphatic hydroxyl groups is 1. The molecular formula is C21H29NO7. The molecule has 2 N–H and O–H groups in total. The van der Waals surface area contributed by atoms with Gasteiger partial charge in [0, 0.05) is 17.5 Å². The van der Waals surface area contributed by atoms with Crippen LogP contribution >= 0.6 is 0 Å². The van der Waals surface area contributed by atoms with E-state index in [-0.39, 0.29) is 35.5 Å². The number of rotatable bonds is 11. The number of fused-ring (bicyclic) bond motifs is 1. The average molecular weight is 407 g/mol. The number of phenolic OH excluding ortho intramolecular Hbond substituents is 1. The number of hydrogen-bond donors (Lipinski definition) is 2. The average Bonchev–Trinajstić information content (AvgIpc) is 2.69. The first-order valence-electron chi connectivity index (χ1n) is 9.86. The first-order valence-corrected chi connectivity index (χ1v) is 9.86. The van der Waals surface area contributed by atoms with E-state index in [9.17, 15) is 19.9 Å². The smallest absolute Gasteiger partial charge is 0.336 e. The number of ether oxygens (including phenoxy) is 2. The maximum atomic E-state index is 11.7. The van der Waals surface area contributed by atoms with Crippen LogP contribution in [0.1, 0.15) is 40.5 Å². The summed E-state index contributed by atoms with van der Waals surface area (Å²) in [4.78, 5) is 23.1. The van der Waals surface area contributed by atoms with Crippen molar-refractivity contribution in [1.29, 1.82) is 0 Å². The Morgan fingerprint density at radius 3 is 2.41 bits per heavy atom. The molecule has 0 aliphatic heterocycles. The van der Waals surface area contributed by atoms with Crippen LogP contribution in [0.2, 0.25) is 0 Å². The molecule has 0 aliphatic rings. The largest absolute Gasteiger partial charge is 0.504 e. The molecule has 2 rings (SSSR count). The minimum absolute atomic E-state index is 0.0282. The summed E-state index contributed by atoms with van der Waals surface area (Å²) in [5.74, 6) is -0.319. The van der Waals surface area contributed by atoms with Crippen LogP contribution in [0.25, 0.3) is 11.0 Å². The number of aromatic hydroxyl groups is 1. The zero-order valence-electron chi connectivity index (χ0n) is 17.2. The molecule has 3 unspecified atom stereocenters. The zero-order valence-corrected chi connectivity index (χ0v) is 17.2. The van der Waals surface area contributed by atoms with Gasteiger partial charge < -0.3 is 24.1 Å². The van der Waals surface area contributed by atoms with Crippen molar-refractivity contribution in [3.05, 3.63) is 39.6 Å². The lowest BCUT2D eigenvalue weighted by Crippen LogP contribution is -2.42. The highest BCUT2D eigenvalue weighted by Gasteiger charge is 2.35. The molecule has 8 nitrogen and oxygen atoms in total. The normalized spacial score (nSPS) is 14.9. The van der Waals surface area contributed by atoms with Crippen LogP contribution in [-0.4, -0.2) is 35.3 Å². The van der Waals surface area contributed by atoms with Gasteiger partial charge >= 0.3 is 5.63 Å². The SMILES string of the molecule is CCC(CC)C(N=O)C(Oc1cc2ccc(=O)oc2cc1O)OC(CO)C(C)C. The number of benzene rings is 1. The van der Waals surface area contributed by atoms with E-state index in [2.05, 4.69) is 5.18 Å². The summed E-state index contributed by atoms with van der Waals surface area (Å²) in [7, 11) is 0. The Balaban J connectivity index is 2.43. The van der Waals surface area contributed by atoms with Gasteiger partial charge in [-0.25, -0.2) is 4.79 Å². The van der Waals surface area contributed by atoms with Gasteiger partial charge in [0.2, 0.25) is 6.29 Å². The molecular weight excluding hydrogens is 378 g/mol.